The number of hydrogen-bond donors (Lipinski definition) is 1. The van der Waals surface area contributed by atoms with Crippen molar-refractivity contribution in [3.63, 3.8) is 0 Å². The van der Waals surface area contributed by atoms with E-state index in [1.54, 1.807) is 24.3 Å². The van der Waals surface area contributed by atoms with Crippen LogP contribution in [0.3, 0.4) is 0 Å². The maximum absolute atomic E-state index is 12.4. The highest BCUT2D eigenvalue weighted by molar-refractivity contribution is 14.1. The van der Waals surface area contributed by atoms with E-state index >= 15 is 0 Å². The number of carbonyl (C=O) groups excluding carboxylic acids is 1. The van der Waals surface area contributed by atoms with Crippen molar-refractivity contribution in [2.24, 2.45) is 0 Å². The third-order valence-corrected chi connectivity index (χ3v) is 5.69. The van der Waals surface area contributed by atoms with E-state index in [9.17, 15) is 14.9 Å². The number of rotatable bonds is 3. The molecule has 28 heavy (non-hydrogen) atoms. The van der Waals surface area contributed by atoms with Gasteiger partial charge in [-0.3, -0.25) is 20.2 Å². The summed E-state index contributed by atoms with van der Waals surface area (Å²) in [6.07, 6.45) is 0. The molecule has 1 N–H and O–H groups in total. The first-order valence-corrected chi connectivity index (χ1v) is 10.3. The summed E-state index contributed by atoms with van der Waals surface area (Å²) >= 11 is 13.7. The summed E-state index contributed by atoms with van der Waals surface area (Å²) in [4.78, 5) is 27.0. The molecule has 0 spiro atoms. The van der Waals surface area contributed by atoms with Crippen molar-refractivity contribution in [1.82, 2.24) is 10.2 Å². The fraction of sp³-hybridized carbons (Fsp3) is 0.222. The number of hydrogen-bond acceptors (Lipinski definition) is 5. The monoisotopic (exact) mass is 530 g/mol. The van der Waals surface area contributed by atoms with E-state index in [1.165, 1.54) is 6.07 Å². The van der Waals surface area contributed by atoms with Gasteiger partial charge in [0.2, 0.25) is 0 Å². The molecule has 1 aliphatic rings. The molecular formula is C18H16ClIN4O3S. The second-order valence-electron chi connectivity index (χ2n) is 6.11. The first-order chi connectivity index (χ1) is 13.4. The van der Waals surface area contributed by atoms with Crippen molar-refractivity contribution in [2.45, 2.75) is 0 Å². The Bertz CT molecular complexity index is 935. The van der Waals surface area contributed by atoms with Crippen LogP contribution in [0.2, 0.25) is 5.02 Å². The van der Waals surface area contributed by atoms with E-state index in [-0.39, 0.29) is 11.6 Å². The maximum Gasteiger partial charge on any atom is 0.294 e. The summed E-state index contributed by atoms with van der Waals surface area (Å²) in [6.45, 7) is 2.05. The van der Waals surface area contributed by atoms with Gasteiger partial charge in [-0.25, -0.2) is 0 Å². The number of nitro groups is 1. The Morgan fingerprint density at radius 3 is 2.50 bits per heavy atom. The minimum atomic E-state index is -0.431. The van der Waals surface area contributed by atoms with E-state index in [0.29, 0.717) is 47.6 Å². The molecule has 2 aromatic rings. The number of thiocarbonyl (C=S) groups is 1. The number of nitro benzene ring substituents is 1. The molecule has 0 aliphatic carbocycles. The van der Waals surface area contributed by atoms with Crippen molar-refractivity contribution in [2.75, 3.05) is 31.1 Å². The van der Waals surface area contributed by atoms with Gasteiger partial charge in [-0.1, -0.05) is 23.7 Å². The van der Waals surface area contributed by atoms with Crippen LogP contribution in [-0.2, 0) is 0 Å². The molecule has 7 nitrogen and oxygen atoms in total. The van der Waals surface area contributed by atoms with E-state index in [4.69, 9.17) is 23.8 Å². The lowest BCUT2D eigenvalue weighted by molar-refractivity contribution is -0.384. The Hall–Kier alpha value is -1.98. The van der Waals surface area contributed by atoms with Crippen molar-refractivity contribution < 1.29 is 9.72 Å². The summed E-state index contributed by atoms with van der Waals surface area (Å²) in [5.41, 5.74) is 0.942. The number of amides is 1. The molecule has 1 saturated heterocycles. The molecule has 0 bridgehead atoms. The minimum absolute atomic E-state index is 0.0180. The first-order valence-electron chi connectivity index (χ1n) is 8.40. The smallest absolute Gasteiger partial charge is 0.294 e. The average Bonchev–Trinajstić information content (AvgIpc) is 2.67. The molecule has 0 aromatic heterocycles. The summed E-state index contributed by atoms with van der Waals surface area (Å²) < 4.78 is 0.964. The molecule has 146 valence electrons. The highest BCUT2D eigenvalue weighted by Crippen LogP contribution is 2.35. The van der Waals surface area contributed by atoms with Crippen LogP contribution in [0, 0.1) is 13.7 Å². The first kappa shape index (κ1) is 20.7. The minimum Gasteiger partial charge on any atom is -0.361 e. The standard InChI is InChI=1S/C18H16ClIN4O3S/c19-14-5-2-6-15(24(26)27)16(14)22-7-9-23(10-8-22)18(28)21-17(25)12-3-1-4-13(20)11-12/h1-6,11H,7-10H2,(H,21,25,28). The molecule has 0 atom stereocenters. The zero-order valence-electron chi connectivity index (χ0n) is 14.6. The quantitative estimate of drug-likeness (QED) is 0.282. The molecule has 1 aliphatic heterocycles. The average molecular weight is 531 g/mol. The van der Waals surface area contributed by atoms with E-state index in [2.05, 4.69) is 27.9 Å². The lowest BCUT2D eigenvalue weighted by Gasteiger charge is -2.37. The van der Waals surface area contributed by atoms with Gasteiger partial charge in [0.25, 0.3) is 11.6 Å². The molecular weight excluding hydrogens is 515 g/mol. The molecule has 1 fully saturated rings. The lowest BCUT2D eigenvalue weighted by atomic mass is 10.2. The second kappa shape index (κ2) is 9.01. The second-order valence-corrected chi connectivity index (χ2v) is 8.15. The van der Waals surface area contributed by atoms with Gasteiger partial charge in [0.05, 0.1) is 9.95 Å². The zero-order chi connectivity index (χ0) is 20.3. The summed E-state index contributed by atoms with van der Waals surface area (Å²) in [7, 11) is 0. The van der Waals surface area contributed by atoms with Gasteiger partial charge in [0.1, 0.15) is 5.69 Å². The highest BCUT2D eigenvalue weighted by Gasteiger charge is 2.27. The number of halogens is 2. The Labute approximate surface area is 185 Å². The van der Waals surface area contributed by atoms with Gasteiger partial charge in [-0.05, 0) is 59.1 Å². The summed E-state index contributed by atoms with van der Waals surface area (Å²) in [5.74, 6) is -0.257. The van der Waals surface area contributed by atoms with Gasteiger partial charge < -0.3 is 9.80 Å². The molecule has 1 heterocycles. The van der Waals surface area contributed by atoms with Crippen LogP contribution >= 0.6 is 46.4 Å². The Balaban J connectivity index is 1.64. The van der Waals surface area contributed by atoms with Crippen molar-refractivity contribution in [1.29, 1.82) is 0 Å². The highest BCUT2D eigenvalue weighted by atomic mass is 127. The Kier molecular flexibility index (Phi) is 6.68. The fourth-order valence-corrected chi connectivity index (χ4v) is 4.08. The van der Waals surface area contributed by atoms with E-state index in [0.717, 1.165) is 3.57 Å². The van der Waals surface area contributed by atoms with Gasteiger partial charge in [-0.2, -0.15) is 0 Å². The van der Waals surface area contributed by atoms with Crippen LogP contribution in [0.1, 0.15) is 10.4 Å². The number of benzene rings is 2. The third kappa shape index (κ3) is 4.70. The number of anilines is 1. The van der Waals surface area contributed by atoms with Gasteiger partial charge in [0, 0.05) is 41.4 Å². The van der Waals surface area contributed by atoms with Crippen LogP contribution in [0.15, 0.2) is 42.5 Å². The largest absolute Gasteiger partial charge is 0.361 e. The molecule has 0 radical (unpaired) electrons. The molecule has 0 unspecified atom stereocenters. The summed E-state index contributed by atoms with van der Waals surface area (Å²) in [6, 6.07) is 11.9. The van der Waals surface area contributed by atoms with Crippen LogP contribution in [0.4, 0.5) is 11.4 Å². The maximum atomic E-state index is 12.4. The third-order valence-electron chi connectivity index (χ3n) is 4.35. The van der Waals surface area contributed by atoms with Crippen LogP contribution in [0.5, 0.6) is 0 Å². The molecule has 10 heteroatoms. The van der Waals surface area contributed by atoms with Crippen molar-refractivity contribution >= 4 is 68.8 Å². The van der Waals surface area contributed by atoms with Crippen LogP contribution in [0.25, 0.3) is 0 Å². The number of para-hydroxylation sites is 1. The predicted octanol–water partition coefficient (Wildman–Crippen LogP) is 3.69. The Morgan fingerprint density at radius 2 is 1.86 bits per heavy atom. The summed E-state index contributed by atoms with van der Waals surface area (Å²) in [5, 5.41) is 14.8. The van der Waals surface area contributed by atoms with E-state index < -0.39 is 4.92 Å². The van der Waals surface area contributed by atoms with Crippen LogP contribution < -0.4 is 10.2 Å². The fourth-order valence-electron chi connectivity index (χ4n) is 2.98. The van der Waals surface area contributed by atoms with Gasteiger partial charge in [-0.15, -0.1) is 0 Å². The molecule has 3 rings (SSSR count). The van der Waals surface area contributed by atoms with Gasteiger partial charge >= 0.3 is 0 Å². The van der Waals surface area contributed by atoms with Crippen LogP contribution in [-0.4, -0.2) is 47.0 Å². The molecule has 2 aromatic carbocycles. The Morgan fingerprint density at radius 1 is 1.18 bits per heavy atom. The number of nitrogens with zero attached hydrogens (tertiary/aromatic N) is 3. The SMILES string of the molecule is O=C(NC(=S)N1CCN(c2c(Cl)cccc2[N+](=O)[O-])CC1)c1cccc(I)c1. The lowest BCUT2D eigenvalue weighted by Crippen LogP contribution is -2.52. The van der Waals surface area contributed by atoms with Crippen molar-refractivity contribution in [3.05, 3.63) is 66.7 Å². The number of carbonyl (C=O) groups is 1. The predicted molar refractivity (Wildman–Crippen MR) is 121 cm³/mol. The normalized spacial score (nSPS) is 13.9. The van der Waals surface area contributed by atoms with Gasteiger partial charge in [0.15, 0.2) is 5.11 Å². The molecule has 0 saturated carbocycles. The van der Waals surface area contributed by atoms with Crippen molar-refractivity contribution in [3.8, 4) is 0 Å². The molecule has 1 amide bonds. The zero-order valence-corrected chi connectivity index (χ0v) is 18.3. The number of piperazine rings is 1. The number of nitrogens with one attached hydrogen (secondary N) is 1. The topological polar surface area (TPSA) is 78.7 Å². The van der Waals surface area contributed by atoms with E-state index in [1.807, 2.05) is 21.9 Å².